The second-order valence-corrected chi connectivity index (χ2v) is 5.89. The number of amides is 1. The standard InChI is InChI=1S/C20H17N3O2/c1-14(19-11-15-7-5-6-10-18(15)25-19)22-20(24)16-12-21-23(13-16)17-8-3-2-4-9-17/h2-14H,1H3,(H,22,24)/t14-/m1/s1. The lowest BCUT2D eigenvalue weighted by Gasteiger charge is -2.10. The van der Waals surface area contributed by atoms with Crippen molar-refractivity contribution >= 4 is 16.9 Å². The molecule has 1 atom stereocenters. The van der Waals surface area contributed by atoms with Gasteiger partial charge in [0.1, 0.15) is 11.3 Å². The van der Waals surface area contributed by atoms with Crippen LogP contribution in [0.2, 0.25) is 0 Å². The number of para-hydroxylation sites is 2. The number of fused-ring (bicyclic) bond motifs is 1. The van der Waals surface area contributed by atoms with Crippen molar-refractivity contribution in [1.82, 2.24) is 15.1 Å². The maximum atomic E-state index is 12.5. The maximum Gasteiger partial charge on any atom is 0.255 e. The second kappa shape index (κ2) is 6.28. The van der Waals surface area contributed by atoms with Crippen LogP contribution >= 0.6 is 0 Å². The highest BCUT2D eigenvalue weighted by atomic mass is 16.3. The summed E-state index contributed by atoms with van der Waals surface area (Å²) < 4.78 is 7.49. The first-order valence-corrected chi connectivity index (χ1v) is 8.10. The van der Waals surface area contributed by atoms with Gasteiger partial charge in [-0.15, -0.1) is 0 Å². The van der Waals surface area contributed by atoms with Crippen LogP contribution in [0, 0.1) is 0 Å². The van der Waals surface area contributed by atoms with E-state index in [2.05, 4.69) is 10.4 Å². The number of carbonyl (C=O) groups is 1. The Bertz CT molecular complexity index is 985. The van der Waals surface area contributed by atoms with Gasteiger partial charge in [0.05, 0.1) is 23.5 Å². The van der Waals surface area contributed by atoms with E-state index >= 15 is 0 Å². The Kier molecular flexibility index (Phi) is 3.82. The maximum absolute atomic E-state index is 12.5. The number of hydrogen-bond donors (Lipinski definition) is 1. The molecule has 5 heteroatoms. The molecule has 0 radical (unpaired) electrons. The number of furan rings is 1. The van der Waals surface area contributed by atoms with E-state index in [0.717, 1.165) is 22.4 Å². The normalized spacial score (nSPS) is 12.2. The molecule has 1 amide bonds. The number of carbonyl (C=O) groups excluding carboxylic acids is 1. The van der Waals surface area contributed by atoms with Gasteiger partial charge in [-0.1, -0.05) is 36.4 Å². The van der Waals surface area contributed by atoms with Crippen LogP contribution in [0.15, 0.2) is 77.5 Å². The van der Waals surface area contributed by atoms with Gasteiger partial charge >= 0.3 is 0 Å². The van der Waals surface area contributed by atoms with Gasteiger partial charge < -0.3 is 9.73 Å². The summed E-state index contributed by atoms with van der Waals surface area (Å²) in [5, 5.41) is 8.23. The van der Waals surface area contributed by atoms with Crippen LogP contribution in [-0.4, -0.2) is 15.7 Å². The number of aromatic nitrogens is 2. The quantitative estimate of drug-likeness (QED) is 0.612. The molecule has 0 unspecified atom stereocenters. The molecule has 2 aromatic carbocycles. The first-order chi connectivity index (χ1) is 12.2. The molecule has 5 nitrogen and oxygen atoms in total. The summed E-state index contributed by atoms with van der Waals surface area (Å²) in [6.45, 7) is 1.90. The lowest BCUT2D eigenvalue weighted by molar-refractivity contribution is 0.0935. The topological polar surface area (TPSA) is 60.1 Å². The van der Waals surface area contributed by atoms with E-state index in [1.807, 2.05) is 67.6 Å². The molecule has 1 N–H and O–H groups in total. The number of nitrogens with zero attached hydrogens (tertiary/aromatic N) is 2. The van der Waals surface area contributed by atoms with Crippen LogP contribution in [-0.2, 0) is 0 Å². The summed E-state index contributed by atoms with van der Waals surface area (Å²) >= 11 is 0. The zero-order valence-electron chi connectivity index (χ0n) is 13.7. The predicted octanol–water partition coefficient (Wildman–Crippen LogP) is 4.11. The first-order valence-electron chi connectivity index (χ1n) is 8.10. The van der Waals surface area contributed by atoms with Gasteiger partial charge in [-0.3, -0.25) is 4.79 Å². The van der Waals surface area contributed by atoms with Crippen LogP contribution in [0.4, 0.5) is 0 Å². The van der Waals surface area contributed by atoms with Gasteiger partial charge in [0.25, 0.3) is 5.91 Å². The van der Waals surface area contributed by atoms with Crippen molar-refractivity contribution in [3.05, 3.63) is 84.4 Å². The van der Waals surface area contributed by atoms with Crippen LogP contribution in [0.5, 0.6) is 0 Å². The van der Waals surface area contributed by atoms with Crippen molar-refractivity contribution in [2.24, 2.45) is 0 Å². The monoisotopic (exact) mass is 331 g/mol. The van der Waals surface area contributed by atoms with E-state index in [1.54, 1.807) is 17.1 Å². The number of rotatable bonds is 4. The predicted molar refractivity (Wildman–Crippen MR) is 95.7 cm³/mol. The third-order valence-corrected chi connectivity index (χ3v) is 4.08. The van der Waals surface area contributed by atoms with Crippen LogP contribution < -0.4 is 5.32 Å². The fourth-order valence-corrected chi connectivity index (χ4v) is 2.73. The first kappa shape index (κ1) is 15.2. The molecule has 0 aliphatic carbocycles. The van der Waals surface area contributed by atoms with Gasteiger partial charge in [0, 0.05) is 11.6 Å². The van der Waals surface area contributed by atoms with Crippen molar-refractivity contribution in [2.75, 3.05) is 0 Å². The highest BCUT2D eigenvalue weighted by molar-refractivity contribution is 5.94. The zero-order chi connectivity index (χ0) is 17.2. The molecule has 4 rings (SSSR count). The van der Waals surface area contributed by atoms with E-state index in [1.165, 1.54) is 0 Å². The van der Waals surface area contributed by atoms with Crippen LogP contribution in [0.1, 0.15) is 29.1 Å². The Hall–Kier alpha value is -3.34. The third-order valence-electron chi connectivity index (χ3n) is 4.08. The summed E-state index contributed by atoms with van der Waals surface area (Å²) in [5.41, 5.74) is 2.23. The Balaban J connectivity index is 1.51. The fourth-order valence-electron chi connectivity index (χ4n) is 2.73. The van der Waals surface area contributed by atoms with Gasteiger partial charge in [0.2, 0.25) is 0 Å². The fraction of sp³-hybridized carbons (Fsp3) is 0.100. The van der Waals surface area contributed by atoms with Crippen molar-refractivity contribution in [3.8, 4) is 5.69 Å². The minimum absolute atomic E-state index is 0.185. The number of benzene rings is 2. The van der Waals surface area contributed by atoms with Crippen LogP contribution in [0.25, 0.3) is 16.7 Å². The summed E-state index contributed by atoms with van der Waals surface area (Å²) in [6, 6.07) is 19.2. The molecule has 0 saturated heterocycles. The second-order valence-electron chi connectivity index (χ2n) is 5.89. The van der Waals surface area contributed by atoms with Crippen molar-refractivity contribution in [3.63, 3.8) is 0 Å². The molecular weight excluding hydrogens is 314 g/mol. The molecule has 4 aromatic rings. The Labute approximate surface area is 144 Å². The Morgan fingerprint density at radius 2 is 1.88 bits per heavy atom. The molecular formula is C20H17N3O2. The molecule has 0 fully saturated rings. The molecule has 0 aliphatic heterocycles. The van der Waals surface area contributed by atoms with Gasteiger partial charge in [-0.05, 0) is 31.2 Å². The highest BCUT2D eigenvalue weighted by Crippen LogP contribution is 2.23. The van der Waals surface area contributed by atoms with Crippen molar-refractivity contribution < 1.29 is 9.21 Å². The zero-order valence-corrected chi connectivity index (χ0v) is 13.7. The Morgan fingerprint density at radius 3 is 2.68 bits per heavy atom. The van der Waals surface area contributed by atoms with Gasteiger partial charge in [-0.25, -0.2) is 4.68 Å². The minimum atomic E-state index is -0.236. The minimum Gasteiger partial charge on any atom is -0.459 e. The van der Waals surface area contributed by atoms with Crippen molar-refractivity contribution in [1.29, 1.82) is 0 Å². The third kappa shape index (κ3) is 3.04. The number of hydrogen-bond acceptors (Lipinski definition) is 3. The summed E-state index contributed by atoms with van der Waals surface area (Å²) in [7, 11) is 0. The largest absolute Gasteiger partial charge is 0.459 e. The van der Waals surface area contributed by atoms with E-state index in [9.17, 15) is 4.79 Å². The summed E-state index contributed by atoms with van der Waals surface area (Å²) in [6.07, 6.45) is 3.28. The molecule has 2 heterocycles. The van der Waals surface area contributed by atoms with Gasteiger partial charge in [0.15, 0.2) is 0 Å². The van der Waals surface area contributed by atoms with Crippen molar-refractivity contribution in [2.45, 2.75) is 13.0 Å². The molecule has 0 aliphatic rings. The molecule has 0 bridgehead atoms. The van der Waals surface area contributed by atoms with E-state index in [4.69, 9.17) is 4.42 Å². The summed E-state index contributed by atoms with van der Waals surface area (Å²) in [4.78, 5) is 12.5. The van der Waals surface area contributed by atoms with E-state index < -0.39 is 0 Å². The highest BCUT2D eigenvalue weighted by Gasteiger charge is 2.16. The van der Waals surface area contributed by atoms with Gasteiger partial charge in [-0.2, -0.15) is 5.10 Å². The smallest absolute Gasteiger partial charge is 0.255 e. The average molecular weight is 331 g/mol. The van der Waals surface area contributed by atoms with E-state index in [0.29, 0.717) is 5.56 Å². The lowest BCUT2D eigenvalue weighted by atomic mass is 10.2. The lowest BCUT2D eigenvalue weighted by Crippen LogP contribution is -2.26. The summed E-state index contributed by atoms with van der Waals surface area (Å²) in [5.74, 6) is 0.542. The number of nitrogens with one attached hydrogen (secondary N) is 1. The molecule has 0 spiro atoms. The Morgan fingerprint density at radius 1 is 1.12 bits per heavy atom. The van der Waals surface area contributed by atoms with E-state index in [-0.39, 0.29) is 11.9 Å². The molecule has 124 valence electrons. The molecule has 2 aromatic heterocycles. The SMILES string of the molecule is C[C@@H](NC(=O)c1cnn(-c2ccccc2)c1)c1cc2ccccc2o1. The molecule has 0 saturated carbocycles. The average Bonchev–Trinajstić information content (AvgIpc) is 3.29. The van der Waals surface area contributed by atoms with Crippen LogP contribution in [0.3, 0.4) is 0 Å². The molecule has 25 heavy (non-hydrogen) atoms.